The molecule has 2 amide bonds. The largest absolute Gasteiger partial charge is 0.367 e. The molecule has 4 rings (SSSR count). The number of hydrogen-bond donors (Lipinski definition) is 1. The smallest absolute Gasteiger partial charge is 0.349 e. The van der Waals surface area contributed by atoms with Gasteiger partial charge in [0.25, 0.3) is 11.8 Å². The van der Waals surface area contributed by atoms with E-state index in [0.29, 0.717) is 36.4 Å². The standard InChI is InChI=1S/C18H19N5O5/c1-10(22-7-8-27-14(9-22)15-19-11(2)20-21-15)18(26)28-23-16(24)12-5-3-4-6-13(12)17(23)25/h3-6,10,14H,7-9H2,1-2H3,(H,19,20,21). The summed E-state index contributed by atoms with van der Waals surface area (Å²) in [6.45, 7) is 4.72. The van der Waals surface area contributed by atoms with E-state index in [1.165, 1.54) is 12.1 Å². The van der Waals surface area contributed by atoms with Gasteiger partial charge in [-0.15, -0.1) is 0 Å². The third-order valence-electron chi connectivity index (χ3n) is 4.83. The van der Waals surface area contributed by atoms with Gasteiger partial charge in [-0.05, 0) is 26.0 Å². The maximum atomic E-state index is 12.6. The minimum absolute atomic E-state index is 0.222. The van der Waals surface area contributed by atoms with E-state index in [1.807, 2.05) is 4.90 Å². The number of carbonyl (C=O) groups is 3. The number of imide groups is 1. The van der Waals surface area contributed by atoms with Crippen molar-refractivity contribution in [3.63, 3.8) is 0 Å². The number of aromatic nitrogens is 3. The van der Waals surface area contributed by atoms with Crippen LogP contribution >= 0.6 is 0 Å². The molecule has 1 aromatic heterocycles. The number of hydroxylamine groups is 2. The third kappa shape index (κ3) is 3.16. The fourth-order valence-electron chi connectivity index (χ4n) is 3.25. The Kier molecular flexibility index (Phi) is 4.65. The van der Waals surface area contributed by atoms with Crippen LogP contribution in [0.15, 0.2) is 24.3 Å². The van der Waals surface area contributed by atoms with Crippen molar-refractivity contribution in [2.45, 2.75) is 26.0 Å². The van der Waals surface area contributed by atoms with Gasteiger partial charge in [0.2, 0.25) is 0 Å². The van der Waals surface area contributed by atoms with E-state index in [0.717, 1.165) is 0 Å². The summed E-state index contributed by atoms with van der Waals surface area (Å²) >= 11 is 0. The predicted molar refractivity (Wildman–Crippen MR) is 93.9 cm³/mol. The molecule has 1 saturated heterocycles. The lowest BCUT2D eigenvalue weighted by Gasteiger charge is -2.34. The molecule has 2 aliphatic rings. The molecule has 0 spiro atoms. The second-order valence-electron chi connectivity index (χ2n) is 6.67. The molecular weight excluding hydrogens is 366 g/mol. The van der Waals surface area contributed by atoms with E-state index in [1.54, 1.807) is 26.0 Å². The molecule has 1 aromatic carbocycles. The Hall–Kier alpha value is -3.11. The Bertz CT molecular complexity index is 907. The number of fused-ring (bicyclic) bond motifs is 1. The van der Waals surface area contributed by atoms with Crippen molar-refractivity contribution in [1.82, 2.24) is 25.1 Å². The Morgan fingerprint density at radius 2 is 1.96 bits per heavy atom. The fraction of sp³-hybridized carbons (Fsp3) is 0.389. The number of aromatic amines is 1. The highest BCUT2D eigenvalue weighted by Crippen LogP contribution is 2.24. The number of amides is 2. The summed E-state index contributed by atoms with van der Waals surface area (Å²) in [6, 6.07) is 5.67. The van der Waals surface area contributed by atoms with E-state index in [2.05, 4.69) is 15.2 Å². The van der Waals surface area contributed by atoms with Crippen molar-refractivity contribution in [1.29, 1.82) is 0 Å². The SMILES string of the molecule is Cc1nc(C2CN(C(C)C(=O)ON3C(=O)c4ccccc4C3=O)CCO2)n[nH]1. The minimum Gasteiger partial charge on any atom is -0.367 e. The van der Waals surface area contributed by atoms with Crippen LogP contribution in [0.1, 0.15) is 45.4 Å². The number of H-pyrrole nitrogens is 1. The maximum Gasteiger partial charge on any atom is 0.349 e. The van der Waals surface area contributed by atoms with Gasteiger partial charge in [-0.3, -0.25) is 19.6 Å². The van der Waals surface area contributed by atoms with Crippen molar-refractivity contribution in [3.05, 3.63) is 47.0 Å². The Morgan fingerprint density at radius 3 is 2.57 bits per heavy atom. The molecule has 1 N–H and O–H groups in total. The van der Waals surface area contributed by atoms with Crippen LogP contribution in [0.5, 0.6) is 0 Å². The zero-order chi connectivity index (χ0) is 19.8. The van der Waals surface area contributed by atoms with Crippen molar-refractivity contribution >= 4 is 17.8 Å². The zero-order valence-corrected chi connectivity index (χ0v) is 15.4. The molecule has 0 saturated carbocycles. The van der Waals surface area contributed by atoms with Crippen LogP contribution < -0.4 is 0 Å². The van der Waals surface area contributed by atoms with E-state index in [4.69, 9.17) is 9.57 Å². The van der Waals surface area contributed by atoms with Crippen LogP contribution in [-0.2, 0) is 14.4 Å². The molecule has 2 unspecified atom stereocenters. The minimum atomic E-state index is -0.693. The summed E-state index contributed by atoms with van der Waals surface area (Å²) in [5.41, 5.74) is 0.443. The number of ether oxygens (including phenoxy) is 1. The number of benzene rings is 1. The number of carbonyl (C=O) groups excluding carboxylic acids is 3. The van der Waals surface area contributed by atoms with Gasteiger partial charge in [0, 0.05) is 13.1 Å². The molecule has 0 radical (unpaired) electrons. The van der Waals surface area contributed by atoms with Crippen LogP contribution in [0, 0.1) is 6.92 Å². The molecule has 0 aliphatic carbocycles. The van der Waals surface area contributed by atoms with Gasteiger partial charge in [-0.25, -0.2) is 9.78 Å². The second-order valence-corrected chi connectivity index (χ2v) is 6.67. The number of aryl methyl sites for hydroxylation is 1. The highest BCUT2D eigenvalue weighted by Gasteiger charge is 2.40. The lowest BCUT2D eigenvalue weighted by molar-refractivity contribution is -0.177. The number of hydrogen-bond acceptors (Lipinski definition) is 8. The topological polar surface area (TPSA) is 118 Å². The Labute approximate surface area is 160 Å². The van der Waals surface area contributed by atoms with Crippen molar-refractivity contribution in [3.8, 4) is 0 Å². The Morgan fingerprint density at radius 1 is 1.29 bits per heavy atom. The van der Waals surface area contributed by atoms with Crippen LogP contribution in [-0.4, -0.2) is 68.7 Å². The van der Waals surface area contributed by atoms with E-state index >= 15 is 0 Å². The predicted octanol–water partition coefficient (Wildman–Crippen LogP) is 0.629. The van der Waals surface area contributed by atoms with Crippen LogP contribution in [0.2, 0.25) is 0 Å². The number of rotatable bonds is 4. The van der Waals surface area contributed by atoms with Gasteiger partial charge >= 0.3 is 5.97 Å². The number of nitrogens with one attached hydrogen (secondary N) is 1. The van der Waals surface area contributed by atoms with E-state index < -0.39 is 23.8 Å². The fourth-order valence-corrected chi connectivity index (χ4v) is 3.25. The molecule has 2 aromatic rings. The molecule has 2 aliphatic heterocycles. The van der Waals surface area contributed by atoms with Gasteiger partial charge in [0.05, 0.1) is 17.7 Å². The van der Waals surface area contributed by atoms with Crippen LogP contribution in [0.3, 0.4) is 0 Å². The summed E-state index contributed by atoms with van der Waals surface area (Å²) < 4.78 is 5.69. The first kappa shape index (κ1) is 18.3. The van der Waals surface area contributed by atoms with Gasteiger partial charge in [-0.1, -0.05) is 17.2 Å². The first-order chi connectivity index (χ1) is 13.5. The van der Waals surface area contributed by atoms with Crippen molar-refractivity contribution in [2.24, 2.45) is 0 Å². The average molecular weight is 385 g/mol. The molecule has 28 heavy (non-hydrogen) atoms. The highest BCUT2D eigenvalue weighted by molar-refractivity contribution is 6.20. The zero-order valence-electron chi connectivity index (χ0n) is 15.4. The third-order valence-corrected chi connectivity index (χ3v) is 4.83. The summed E-state index contributed by atoms with van der Waals surface area (Å²) in [7, 11) is 0. The monoisotopic (exact) mass is 385 g/mol. The van der Waals surface area contributed by atoms with Gasteiger partial charge in [-0.2, -0.15) is 5.10 Å². The lowest BCUT2D eigenvalue weighted by Crippen LogP contribution is -2.49. The van der Waals surface area contributed by atoms with E-state index in [9.17, 15) is 14.4 Å². The molecule has 10 nitrogen and oxygen atoms in total. The van der Waals surface area contributed by atoms with Gasteiger partial charge in [0.15, 0.2) is 5.82 Å². The quantitative estimate of drug-likeness (QED) is 0.762. The second kappa shape index (κ2) is 7.13. The molecule has 3 heterocycles. The summed E-state index contributed by atoms with van der Waals surface area (Å²) in [4.78, 5) is 48.6. The van der Waals surface area contributed by atoms with E-state index in [-0.39, 0.29) is 17.2 Å². The molecule has 2 atom stereocenters. The molecule has 0 bridgehead atoms. The molecule has 10 heteroatoms. The van der Waals surface area contributed by atoms with Crippen LogP contribution in [0.25, 0.3) is 0 Å². The number of nitrogens with zero attached hydrogens (tertiary/aromatic N) is 4. The summed E-state index contributed by atoms with van der Waals surface area (Å²) in [5, 5.41) is 7.40. The van der Waals surface area contributed by atoms with Gasteiger partial charge < -0.3 is 9.57 Å². The lowest BCUT2D eigenvalue weighted by atomic mass is 10.1. The first-order valence-corrected chi connectivity index (χ1v) is 8.90. The molecule has 1 fully saturated rings. The summed E-state index contributed by atoms with van der Waals surface area (Å²) in [6.07, 6.45) is -0.381. The average Bonchev–Trinajstić information content (AvgIpc) is 3.25. The van der Waals surface area contributed by atoms with Crippen LogP contribution in [0.4, 0.5) is 0 Å². The maximum absolute atomic E-state index is 12.6. The molecular formula is C18H19N5O5. The van der Waals surface area contributed by atoms with Gasteiger partial charge in [0.1, 0.15) is 18.0 Å². The number of morpholine rings is 1. The Balaban J connectivity index is 1.42. The first-order valence-electron chi connectivity index (χ1n) is 8.90. The van der Waals surface area contributed by atoms with Crippen molar-refractivity contribution in [2.75, 3.05) is 19.7 Å². The normalized spacial score (nSPS) is 20.9. The molecule has 146 valence electrons. The summed E-state index contributed by atoms with van der Waals surface area (Å²) in [5.74, 6) is -0.785. The highest BCUT2D eigenvalue weighted by atomic mass is 16.7. The van der Waals surface area contributed by atoms with Crippen molar-refractivity contribution < 1.29 is 24.0 Å².